The highest BCUT2D eigenvalue weighted by atomic mass is 127. The molecule has 0 spiro atoms. The average molecular weight is 417 g/mol. The molecule has 0 aliphatic carbocycles. The summed E-state index contributed by atoms with van der Waals surface area (Å²) in [5, 5.41) is 0. The lowest BCUT2D eigenvalue weighted by Gasteiger charge is -2.36. The van der Waals surface area contributed by atoms with Crippen molar-refractivity contribution in [3.05, 3.63) is 9.77 Å². The largest absolute Gasteiger partial charge is 0.467 e. The van der Waals surface area contributed by atoms with E-state index in [-0.39, 0.29) is 39.2 Å². The molecular weight excluding hydrogens is 397 g/mol. The van der Waals surface area contributed by atoms with Crippen LogP contribution >= 0.6 is 49.6 Å². The zero-order valence-electron chi connectivity index (χ0n) is 11.2. The van der Waals surface area contributed by atoms with Crippen LogP contribution in [-0.4, -0.2) is 42.4 Å². The van der Waals surface area contributed by atoms with Crippen molar-refractivity contribution in [1.29, 1.82) is 0 Å². The third kappa shape index (κ3) is 5.16. The van der Waals surface area contributed by atoms with Crippen molar-refractivity contribution in [3.8, 4) is 6.01 Å². The minimum atomic E-state index is 0. The Morgan fingerprint density at radius 2 is 1.84 bits per heavy atom. The molecule has 2 rings (SSSR count). The Kier molecular flexibility index (Phi) is 8.41. The molecule has 110 valence electrons. The Labute approximate surface area is 141 Å². The minimum absolute atomic E-state index is 0. The van der Waals surface area contributed by atoms with E-state index in [1.165, 1.54) is 0 Å². The molecule has 1 aliphatic heterocycles. The fourth-order valence-corrected chi connectivity index (χ4v) is 2.49. The van der Waals surface area contributed by atoms with E-state index in [1.54, 1.807) is 7.11 Å². The Morgan fingerprint density at radius 3 is 2.37 bits per heavy atom. The van der Waals surface area contributed by atoms with Crippen LogP contribution in [0.2, 0.25) is 0 Å². The summed E-state index contributed by atoms with van der Waals surface area (Å²) in [6.07, 6.45) is 0.440. The number of hydrogen-bond acceptors (Lipinski definition) is 5. The predicted molar refractivity (Wildman–Crippen MR) is 94.3 cm³/mol. The lowest BCUT2D eigenvalue weighted by Crippen LogP contribution is -2.45. The average Bonchev–Trinajstić information content (AvgIpc) is 2.26. The summed E-state index contributed by atoms with van der Waals surface area (Å²) in [4.78, 5) is 10.8. The fraction of sp³-hybridized carbons (Fsp3) is 0.636. The van der Waals surface area contributed by atoms with Crippen molar-refractivity contribution in [2.75, 3.05) is 25.1 Å². The van der Waals surface area contributed by atoms with Crippen LogP contribution in [0.3, 0.4) is 0 Å². The smallest absolute Gasteiger partial charge is 0.319 e. The van der Waals surface area contributed by atoms with Gasteiger partial charge in [-0.15, -0.1) is 0 Å². The maximum Gasteiger partial charge on any atom is 0.319 e. The van der Waals surface area contributed by atoms with Gasteiger partial charge in [-0.25, -0.2) is 0 Å². The van der Waals surface area contributed by atoms with Gasteiger partial charge >= 0.3 is 6.01 Å². The molecule has 19 heavy (non-hydrogen) atoms. The van der Waals surface area contributed by atoms with Gasteiger partial charge < -0.3 is 14.4 Å². The Bertz CT molecular complexity index is 402. The molecule has 8 heteroatoms. The summed E-state index contributed by atoms with van der Waals surface area (Å²) in [5.74, 6) is 0.906. The number of morpholine rings is 1. The van der Waals surface area contributed by atoms with Crippen LogP contribution < -0.4 is 9.64 Å². The molecule has 2 atom stereocenters. The molecule has 0 bridgehead atoms. The molecule has 0 N–H and O–H groups in total. The first-order valence-corrected chi connectivity index (χ1v) is 6.65. The van der Waals surface area contributed by atoms with E-state index in [0.717, 1.165) is 22.6 Å². The number of anilines is 1. The molecule has 5 nitrogen and oxygen atoms in total. The van der Waals surface area contributed by atoms with Gasteiger partial charge in [-0.1, -0.05) is 0 Å². The summed E-state index contributed by atoms with van der Waals surface area (Å²) in [7, 11) is 1.58. The number of nitrogens with zero attached hydrogens (tertiary/aromatic N) is 3. The first-order chi connectivity index (χ1) is 8.08. The lowest BCUT2D eigenvalue weighted by molar-refractivity contribution is -0.00550. The van der Waals surface area contributed by atoms with Gasteiger partial charge in [0.05, 0.1) is 19.3 Å². The standard InChI is InChI=1S/C11H16IN3O2.2H2S/c1-7-5-15(6-8(2)17-7)10-4-9(12)13-11(14-10)16-3;;/h4,7-8H,5-6H2,1-3H3;2*1H2/t7-,8-;;/m0../s1. The molecule has 0 unspecified atom stereocenters. The summed E-state index contributed by atoms with van der Waals surface area (Å²) < 4.78 is 11.7. The van der Waals surface area contributed by atoms with Crippen LogP contribution in [0.25, 0.3) is 0 Å². The summed E-state index contributed by atoms with van der Waals surface area (Å²) in [6, 6.07) is 2.38. The first-order valence-electron chi connectivity index (χ1n) is 5.57. The Morgan fingerprint density at radius 1 is 1.26 bits per heavy atom. The van der Waals surface area contributed by atoms with Crippen molar-refractivity contribution in [1.82, 2.24) is 9.97 Å². The summed E-state index contributed by atoms with van der Waals surface area (Å²) in [6.45, 7) is 5.85. The predicted octanol–water partition coefficient (Wildman–Crippen LogP) is 1.93. The van der Waals surface area contributed by atoms with E-state index in [4.69, 9.17) is 9.47 Å². The second-order valence-electron chi connectivity index (χ2n) is 4.20. The number of hydrogen-bond donors (Lipinski definition) is 0. The first kappa shape index (κ1) is 19.1. The normalized spacial score (nSPS) is 22.2. The van der Waals surface area contributed by atoms with Gasteiger partial charge in [0.25, 0.3) is 0 Å². The van der Waals surface area contributed by atoms with Gasteiger partial charge in [-0.2, -0.15) is 37.0 Å². The molecule has 1 fully saturated rings. The highest BCUT2D eigenvalue weighted by molar-refractivity contribution is 14.1. The van der Waals surface area contributed by atoms with Crippen molar-refractivity contribution in [2.45, 2.75) is 26.1 Å². The zero-order valence-corrected chi connectivity index (χ0v) is 15.3. The van der Waals surface area contributed by atoms with Gasteiger partial charge in [0.2, 0.25) is 0 Å². The molecule has 0 saturated carbocycles. The number of rotatable bonds is 2. The number of ether oxygens (including phenoxy) is 2. The van der Waals surface area contributed by atoms with Crippen LogP contribution in [0.15, 0.2) is 6.07 Å². The third-order valence-electron chi connectivity index (χ3n) is 2.59. The molecule has 0 radical (unpaired) electrons. The third-order valence-corrected chi connectivity index (χ3v) is 3.14. The van der Waals surface area contributed by atoms with Gasteiger partial charge in [0.15, 0.2) is 0 Å². The van der Waals surface area contributed by atoms with E-state index < -0.39 is 0 Å². The second kappa shape index (κ2) is 8.38. The van der Waals surface area contributed by atoms with Gasteiger partial charge in [-0.3, -0.25) is 0 Å². The van der Waals surface area contributed by atoms with Gasteiger partial charge in [0.1, 0.15) is 9.52 Å². The number of aromatic nitrogens is 2. The topological polar surface area (TPSA) is 47.5 Å². The molecule has 2 heterocycles. The maximum absolute atomic E-state index is 5.71. The van der Waals surface area contributed by atoms with Crippen molar-refractivity contribution in [3.63, 3.8) is 0 Å². The van der Waals surface area contributed by atoms with Crippen LogP contribution in [-0.2, 0) is 4.74 Å². The van der Waals surface area contributed by atoms with Crippen molar-refractivity contribution in [2.24, 2.45) is 0 Å². The minimum Gasteiger partial charge on any atom is -0.467 e. The second-order valence-corrected chi connectivity index (χ2v) is 5.30. The summed E-state index contributed by atoms with van der Waals surface area (Å²) >= 11 is 2.17. The van der Waals surface area contributed by atoms with E-state index in [0.29, 0.717) is 6.01 Å². The highest BCUT2D eigenvalue weighted by Crippen LogP contribution is 2.21. The monoisotopic (exact) mass is 417 g/mol. The lowest BCUT2D eigenvalue weighted by atomic mass is 10.2. The molecule has 1 aromatic heterocycles. The molecule has 1 saturated heterocycles. The molecule has 0 amide bonds. The van der Waals surface area contributed by atoms with E-state index in [9.17, 15) is 0 Å². The van der Waals surface area contributed by atoms with E-state index >= 15 is 0 Å². The SMILES string of the molecule is COc1nc(I)cc(N2C[C@H](C)O[C@@H](C)C2)n1.S.S. The summed E-state index contributed by atoms with van der Waals surface area (Å²) in [5.41, 5.74) is 0. The van der Waals surface area contributed by atoms with Crippen LogP contribution in [0.5, 0.6) is 6.01 Å². The van der Waals surface area contributed by atoms with Gasteiger partial charge in [0, 0.05) is 19.2 Å². The zero-order chi connectivity index (χ0) is 12.4. The molecule has 0 aromatic carbocycles. The maximum atomic E-state index is 5.71. The van der Waals surface area contributed by atoms with Crippen LogP contribution in [0.4, 0.5) is 5.82 Å². The van der Waals surface area contributed by atoms with Crippen molar-refractivity contribution < 1.29 is 9.47 Å². The molecule has 1 aliphatic rings. The van der Waals surface area contributed by atoms with Crippen molar-refractivity contribution >= 4 is 55.4 Å². The Balaban J connectivity index is 0.00000162. The Hall–Kier alpha value is 0.0700. The van der Waals surface area contributed by atoms with E-state index in [2.05, 4.69) is 51.3 Å². The number of methoxy groups -OCH3 is 1. The quantitative estimate of drug-likeness (QED) is 0.544. The van der Waals surface area contributed by atoms with Crippen LogP contribution in [0, 0.1) is 3.70 Å². The fourth-order valence-electron chi connectivity index (χ4n) is 2.00. The van der Waals surface area contributed by atoms with Gasteiger partial charge in [-0.05, 0) is 36.4 Å². The number of halogens is 1. The molecular formula is C11H20IN3O2S2. The highest BCUT2D eigenvalue weighted by Gasteiger charge is 2.23. The van der Waals surface area contributed by atoms with Crippen LogP contribution in [0.1, 0.15) is 13.8 Å². The van der Waals surface area contributed by atoms with E-state index in [1.807, 2.05) is 6.07 Å². The molecule has 1 aromatic rings.